The van der Waals surface area contributed by atoms with Gasteiger partial charge in [0.2, 0.25) is 5.91 Å². The predicted molar refractivity (Wildman–Crippen MR) is 59.4 cm³/mol. The van der Waals surface area contributed by atoms with Gasteiger partial charge < -0.3 is 11.1 Å². The quantitative estimate of drug-likeness (QED) is 0.867. The molecule has 1 aromatic rings. The van der Waals surface area contributed by atoms with E-state index in [1.54, 1.807) is 18.2 Å². The van der Waals surface area contributed by atoms with Gasteiger partial charge in [-0.1, -0.05) is 6.07 Å². The number of nitrogens with two attached hydrogens (primary N) is 1. The van der Waals surface area contributed by atoms with Crippen LogP contribution in [0.1, 0.15) is 25.6 Å². The minimum absolute atomic E-state index is 0.462. The SMILES string of the molecule is CC(NC(=O)C(C)(N)C(F)(F)F)c1ccccn1. The molecule has 0 aliphatic carbocycles. The van der Waals surface area contributed by atoms with Gasteiger partial charge in [0.15, 0.2) is 5.54 Å². The largest absolute Gasteiger partial charge is 0.415 e. The lowest BCUT2D eigenvalue weighted by Crippen LogP contribution is -2.61. The van der Waals surface area contributed by atoms with Crippen molar-refractivity contribution >= 4 is 5.91 Å². The summed E-state index contributed by atoms with van der Waals surface area (Å²) in [7, 11) is 0. The van der Waals surface area contributed by atoms with Gasteiger partial charge in [0.05, 0.1) is 11.7 Å². The number of nitrogens with one attached hydrogen (secondary N) is 1. The number of pyridine rings is 1. The molecule has 0 aliphatic heterocycles. The average Bonchev–Trinajstić information content (AvgIpc) is 2.28. The summed E-state index contributed by atoms with van der Waals surface area (Å²) in [5.41, 5.74) is 2.55. The Kier molecular flexibility index (Phi) is 3.95. The van der Waals surface area contributed by atoms with Crippen molar-refractivity contribution in [1.29, 1.82) is 0 Å². The zero-order valence-electron chi connectivity index (χ0n) is 9.95. The summed E-state index contributed by atoms with van der Waals surface area (Å²) >= 11 is 0. The molecule has 1 aromatic heterocycles. The molecular weight excluding hydrogens is 247 g/mol. The van der Waals surface area contributed by atoms with E-state index in [2.05, 4.69) is 10.3 Å². The minimum atomic E-state index is -4.80. The van der Waals surface area contributed by atoms with Crippen molar-refractivity contribution in [2.24, 2.45) is 5.73 Å². The lowest BCUT2D eigenvalue weighted by Gasteiger charge is -2.27. The number of hydrogen-bond donors (Lipinski definition) is 2. The molecule has 2 unspecified atom stereocenters. The van der Waals surface area contributed by atoms with Crippen LogP contribution in [0.2, 0.25) is 0 Å². The number of nitrogens with zero attached hydrogens (tertiary/aromatic N) is 1. The molecule has 0 fully saturated rings. The van der Waals surface area contributed by atoms with E-state index in [1.807, 2.05) is 0 Å². The summed E-state index contributed by atoms with van der Waals surface area (Å²) in [6, 6.07) is 4.30. The second-order valence-corrected chi connectivity index (χ2v) is 4.15. The molecule has 1 rings (SSSR count). The van der Waals surface area contributed by atoms with Gasteiger partial charge in [0, 0.05) is 6.20 Å². The fraction of sp³-hybridized carbons (Fsp3) is 0.455. The Labute approximate surface area is 102 Å². The first kappa shape index (κ1) is 14.4. The highest BCUT2D eigenvalue weighted by Gasteiger charge is 2.54. The summed E-state index contributed by atoms with van der Waals surface area (Å²) in [6.07, 6.45) is -3.32. The molecule has 0 bridgehead atoms. The van der Waals surface area contributed by atoms with E-state index < -0.39 is 23.7 Å². The lowest BCUT2D eigenvalue weighted by atomic mass is 10.0. The molecule has 2 atom stereocenters. The maximum Gasteiger partial charge on any atom is 0.415 e. The minimum Gasteiger partial charge on any atom is -0.346 e. The molecule has 0 spiro atoms. The van der Waals surface area contributed by atoms with Crippen molar-refractivity contribution < 1.29 is 18.0 Å². The Bertz CT molecular complexity index is 417. The summed E-state index contributed by atoms with van der Waals surface area (Å²) in [6.45, 7) is 2.17. The van der Waals surface area contributed by atoms with Crippen molar-refractivity contribution in [2.45, 2.75) is 31.6 Å². The molecule has 0 saturated heterocycles. The molecule has 1 amide bonds. The van der Waals surface area contributed by atoms with Gasteiger partial charge in [0.1, 0.15) is 0 Å². The molecule has 0 aliphatic rings. The van der Waals surface area contributed by atoms with E-state index >= 15 is 0 Å². The van der Waals surface area contributed by atoms with Crippen LogP contribution >= 0.6 is 0 Å². The topological polar surface area (TPSA) is 68.0 Å². The number of carbonyl (C=O) groups is 1. The molecule has 7 heteroatoms. The molecule has 3 N–H and O–H groups in total. The summed E-state index contributed by atoms with van der Waals surface area (Å²) < 4.78 is 37.6. The molecule has 4 nitrogen and oxygen atoms in total. The van der Waals surface area contributed by atoms with Crippen LogP contribution in [0.25, 0.3) is 0 Å². The smallest absolute Gasteiger partial charge is 0.346 e. The van der Waals surface area contributed by atoms with E-state index in [-0.39, 0.29) is 0 Å². The number of hydrogen-bond acceptors (Lipinski definition) is 3. The second kappa shape index (κ2) is 4.93. The molecule has 18 heavy (non-hydrogen) atoms. The summed E-state index contributed by atoms with van der Waals surface area (Å²) in [5, 5.41) is 2.20. The highest BCUT2D eigenvalue weighted by atomic mass is 19.4. The summed E-state index contributed by atoms with van der Waals surface area (Å²) in [4.78, 5) is 15.5. The first-order valence-corrected chi connectivity index (χ1v) is 5.23. The van der Waals surface area contributed by atoms with Crippen LogP contribution in [0, 0.1) is 0 Å². The van der Waals surface area contributed by atoms with Crippen LogP contribution in [-0.2, 0) is 4.79 Å². The van der Waals surface area contributed by atoms with E-state index in [4.69, 9.17) is 5.73 Å². The van der Waals surface area contributed by atoms with Crippen LogP contribution in [-0.4, -0.2) is 22.6 Å². The van der Waals surface area contributed by atoms with Gasteiger partial charge in [-0.25, -0.2) is 0 Å². The van der Waals surface area contributed by atoms with Gasteiger partial charge >= 0.3 is 6.18 Å². The fourth-order valence-electron chi connectivity index (χ4n) is 1.18. The first-order valence-electron chi connectivity index (χ1n) is 5.23. The number of alkyl halides is 3. The van der Waals surface area contributed by atoms with Crippen molar-refractivity contribution in [3.05, 3.63) is 30.1 Å². The van der Waals surface area contributed by atoms with Gasteiger partial charge in [-0.05, 0) is 26.0 Å². The number of rotatable bonds is 3. The van der Waals surface area contributed by atoms with Gasteiger partial charge in [-0.3, -0.25) is 9.78 Å². The van der Waals surface area contributed by atoms with Gasteiger partial charge in [-0.2, -0.15) is 13.2 Å². The lowest BCUT2D eigenvalue weighted by molar-refractivity contribution is -0.187. The van der Waals surface area contributed by atoms with Crippen LogP contribution < -0.4 is 11.1 Å². The second-order valence-electron chi connectivity index (χ2n) is 4.15. The van der Waals surface area contributed by atoms with Crippen molar-refractivity contribution in [1.82, 2.24) is 10.3 Å². The van der Waals surface area contributed by atoms with Crippen LogP contribution in [0.5, 0.6) is 0 Å². The van der Waals surface area contributed by atoms with E-state index in [1.165, 1.54) is 13.1 Å². The van der Waals surface area contributed by atoms with E-state index in [0.717, 1.165) is 0 Å². The normalized spacial score (nSPS) is 16.8. The number of aromatic nitrogens is 1. The van der Waals surface area contributed by atoms with Crippen molar-refractivity contribution in [3.8, 4) is 0 Å². The van der Waals surface area contributed by atoms with Crippen molar-refractivity contribution in [3.63, 3.8) is 0 Å². The zero-order valence-corrected chi connectivity index (χ0v) is 9.95. The van der Waals surface area contributed by atoms with Crippen LogP contribution in [0.15, 0.2) is 24.4 Å². The van der Waals surface area contributed by atoms with Gasteiger partial charge in [0.25, 0.3) is 0 Å². The summed E-state index contributed by atoms with van der Waals surface area (Å²) in [5.74, 6) is -1.28. The maximum atomic E-state index is 12.5. The maximum absolute atomic E-state index is 12.5. The number of halogens is 3. The average molecular weight is 261 g/mol. The molecule has 0 saturated carbocycles. The Balaban J connectivity index is 2.78. The molecule has 100 valence electrons. The molecule has 1 heterocycles. The molecule has 0 radical (unpaired) electrons. The standard InChI is InChI=1S/C11H14F3N3O/c1-7(8-5-3-4-6-16-8)17-9(18)10(2,15)11(12,13)14/h3-7H,15H2,1-2H3,(H,17,18). The Morgan fingerprint density at radius 1 is 1.44 bits per heavy atom. The van der Waals surface area contributed by atoms with Gasteiger partial charge in [-0.15, -0.1) is 0 Å². The molecule has 0 aromatic carbocycles. The van der Waals surface area contributed by atoms with Crippen LogP contribution in [0.3, 0.4) is 0 Å². The Morgan fingerprint density at radius 3 is 2.50 bits per heavy atom. The monoisotopic (exact) mass is 261 g/mol. The third-order valence-electron chi connectivity index (χ3n) is 2.54. The highest BCUT2D eigenvalue weighted by Crippen LogP contribution is 2.28. The van der Waals surface area contributed by atoms with Crippen molar-refractivity contribution in [2.75, 3.05) is 0 Å². The molecular formula is C11H14F3N3O. The van der Waals surface area contributed by atoms with Crippen LogP contribution in [0.4, 0.5) is 13.2 Å². The highest BCUT2D eigenvalue weighted by molar-refractivity contribution is 5.86. The number of amides is 1. The Hall–Kier alpha value is -1.63. The first-order chi connectivity index (χ1) is 8.16. The third-order valence-corrected chi connectivity index (χ3v) is 2.54. The van der Waals surface area contributed by atoms with E-state index in [9.17, 15) is 18.0 Å². The Morgan fingerprint density at radius 2 is 2.06 bits per heavy atom. The zero-order chi connectivity index (χ0) is 14.0. The predicted octanol–water partition coefficient (Wildman–Crippen LogP) is 1.54. The van der Waals surface area contributed by atoms with E-state index in [0.29, 0.717) is 12.6 Å². The number of carbonyl (C=O) groups excluding carboxylic acids is 1. The fourth-order valence-corrected chi connectivity index (χ4v) is 1.18. The third kappa shape index (κ3) is 2.98.